The Labute approximate surface area is 185 Å². The van der Waals surface area contributed by atoms with Gasteiger partial charge in [-0.15, -0.1) is 0 Å². The highest BCUT2D eigenvalue weighted by atomic mass is 16.5. The van der Waals surface area contributed by atoms with Crippen molar-refractivity contribution in [1.29, 1.82) is 0 Å². The zero-order chi connectivity index (χ0) is 22.1. The Morgan fingerprint density at radius 1 is 1.19 bits per heavy atom. The number of ether oxygens (including phenoxy) is 2. The minimum Gasteiger partial charge on any atom is -0.497 e. The quantitative estimate of drug-likeness (QED) is 0.522. The molecule has 0 saturated carbocycles. The van der Waals surface area contributed by atoms with Gasteiger partial charge in [-0.1, -0.05) is 6.07 Å². The Hall–Kier alpha value is -3.85. The van der Waals surface area contributed by atoms with E-state index in [9.17, 15) is 4.79 Å². The Morgan fingerprint density at radius 2 is 2.03 bits per heavy atom. The molecule has 3 aromatic heterocycles. The van der Waals surface area contributed by atoms with E-state index in [-0.39, 0.29) is 12.0 Å². The molecule has 1 amide bonds. The fourth-order valence-electron chi connectivity index (χ4n) is 3.87. The van der Waals surface area contributed by atoms with Crippen LogP contribution in [0.25, 0.3) is 5.65 Å². The number of carbonyl (C=O) groups is 1. The highest BCUT2D eigenvalue weighted by molar-refractivity contribution is 5.92. The average Bonchev–Trinajstić information content (AvgIpc) is 3.46. The maximum absolute atomic E-state index is 12.9. The molecule has 0 radical (unpaired) electrons. The highest BCUT2D eigenvalue weighted by Crippen LogP contribution is 2.26. The molecule has 1 N–H and O–H groups in total. The van der Waals surface area contributed by atoms with Gasteiger partial charge in [-0.25, -0.2) is 4.98 Å². The summed E-state index contributed by atoms with van der Waals surface area (Å²) in [4.78, 5) is 19.5. The first kappa shape index (κ1) is 20.1. The maximum Gasteiger partial charge on any atom is 0.272 e. The monoisotopic (exact) mass is 432 g/mol. The van der Waals surface area contributed by atoms with Gasteiger partial charge in [0.25, 0.3) is 5.91 Å². The van der Waals surface area contributed by atoms with Crippen LogP contribution in [-0.4, -0.2) is 56.8 Å². The third kappa shape index (κ3) is 3.78. The standard InChI is InChI=1S/C23H24N6O3/c1-27-19(10-11-24-27)23(30)28-12-13-32-20(15-28)18-14-29-21(4-3-5-22(29)26-18)25-16-6-8-17(31-2)9-7-16/h3-11,14,20,25H,12-13,15H2,1-2H3/t20-/m0/s1. The minimum absolute atomic E-state index is 0.0519. The number of anilines is 2. The normalized spacial score (nSPS) is 16.3. The van der Waals surface area contributed by atoms with Gasteiger partial charge in [0, 0.05) is 31.7 Å². The SMILES string of the molecule is COc1ccc(Nc2cccc3nc([C@@H]4CN(C(=O)c5ccnn5C)CCO4)cn23)cc1. The van der Waals surface area contributed by atoms with Gasteiger partial charge in [0.15, 0.2) is 0 Å². The molecule has 9 heteroatoms. The number of aryl methyl sites for hydroxylation is 1. The molecule has 1 aliphatic heterocycles. The van der Waals surface area contributed by atoms with Gasteiger partial charge in [-0.2, -0.15) is 5.10 Å². The van der Waals surface area contributed by atoms with Gasteiger partial charge in [0.2, 0.25) is 0 Å². The maximum atomic E-state index is 12.9. The number of hydrogen-bond acceptors (Lipinski definition) is 6. The second kappa shape index (κ2) is 8.35. The molecule has 1 fully saturated rings. The number of methoxy groups -OCH3 is 1. The van der Waals surface area contributed by atoms with Crippen LogP contribution in [0.3, 0.4) is 0 Å². The summed E-state index contributed by atoms with van der Waals surface area (Å²) in [6.07, 6.45) is 3.30. The molecule has 1 aromatic carbocycles. The average molecular weight is 432 g/mol. The summed E-state index contributed by atoms with van der Waals surface area (Å²) in [6.45, 7) is 1.44. The zero-order valence-electron chi connectivity index (χ0n) is 17.9. The number of nitrogens with zero attached hydrogens (tertiary/aromatic N) is 5. The second-order valence-corrected chi connectivity index (χ2v) is 7.61. The van der Waals surface area contributed by atoms with Crippen molar-refractivity contribution in [1.82, 2.24) is 24.1 Å². The summed E-state index contributed by atoms with van der Waals surface area (Å²) in [5.41, 5.74) is 3.09. The van der Waals surface area contributed by atoms with Crippen molar-refractivity contribution < 1.29 is 14.3 Å². The van der Waals surface area contributed by atoms with Crippen LogP contribution in [0.1, 0.15) is 22.3 Å². The summed E-state index contributed by atoms with van der Waals surface area (Å²) in [5.74, 6) is 1.63. The van der Waals surface area contributed by atoms with Crippen molar-refractivity contribution in [2.45, 2.75) is 6.10 Å². The molecule has 164 valence electrons. The summed E-state index contributed by atoms with van der Waals surface area (Å²) in [6, 6.07) is 15.4. The number of carbonyl (C=O) groups excluding carboxylic acids is 1. The second-order valence-electron chi connectivity index (χ2n) is 7.61. The van der Waals surface area contributed by atoms with E-state index in [0.717, 1.165) is 28.6 Å². The van der Waals surface area contributed by atoms with Gasteiger partial charge in [-0.3, -0.25) is 13.9 Å². The Bertz CT molecular complexity index is 1250. The van der Waals surface area contributed by atoms with Gasteiger partial charge in [-0.05, 0) is 42.5 Å². The van der Waals surface area contributed by atoms with Crippen LogP contribution in [0.5, 0.6) is 5.75 Å². The van der Waals surface area contributed by atoms with Crippen LogP contribution in [-0.2, 0) is 11.8 Å². The number of nitrogens with one attached hydrogen (secondary N) is 1. The highest BCUT2D eigenvalue weighted by Gasteiger charge is 2.29. The largest absolute Gasteiger partial charge is 0.497 e. The fraction of sp³-hybridized carbons (Fsp3) is 0.261. The number of rotatable bonds is 5. The molecule has 1 atom stereocenters. The van der Waals surface area contributed by atoms with Crippen molar-refractivity contribution in [2.24, 2.45) is 7.05 Å². The third-order valence-electron chi connectivity index (χ3n) is 5.60. The number of fused-ring (bicyclic) bond motifs is 1. The van der Waals surface area contributed by atoms with Crippen LogP contribution >= 0.6 is 0 Å². The predicted molar refractivity (Wildman–Crippen MR) is 119 cm³/mol. The molecule has 0 unspecified atom stereocenters. The molecule has 1 aliphatic rings. The molecule has 0 spiro atoms. The number of imidazole rings is 1. The van der Waals surface area contributed by atoms with E-state index in [0.29, 0.717) is 25.4 Å². The molecule has 32 heavy (non-hydrogen) atoms. The molecule has 5 rings (SSSR count). The molecule has 9 nitrogen and oxygen atoms in total. The topological polar surface area (TPSA) is 85.9 Å². The number of pyridine rings is 1. The zero-order valence-corrected chi connectivity index (χ0v) is 17.9. The fourth-order valence-corrected chi connectivity index (χ4v) is 3.87. The van der Waals surface area contributed by atoms with Crippen LogP contribution in [0.2, 0.25) is 0 Å². The van der Waals surface area contributed by atoms with Crippen LogP contribution in [0.15, 0.2) is 60.9 Å². The number of amides is 1. The molecule has 4 heterocycles. The van der Waals surface area contributed by atoms with Gasteiger partial charge in [0.1, 0.15) is 29.0 Å². The van der Waals surface area contributed by atoms with Crippen LogP contribution < -0.4 is 10.1 Å². The van der Waals surface area contributed by atoms with Gasteiger partial charge >= 0.3 is 0 Å². The molecular formula is C23H24N6O3. The molecule has 0 bridgehead atoms. The Balaban J connectivity index is 1.38. The lowest BCUT2D eigenvalue weighted by Gasteiger charge is -2.32. The van der Waals surface area contributed by atoms with Crippen molar-refractivity contribution in [2.75, 3.05) is 32.1 Å². The third-order valence-corrected chi connectivity index (χ3v) is 5.60. The number of morpholine rings is 1. The first-order valence-electron chi connectivity index (χ1n) is 10.4. The lowest BCUT2D eigenvalue weighted by molar-refractivity contribution is -0.0248. The number of benzene rings is 1. The predicted octanol–water partition coefficient (Wildman–Crippen LogP) is 3.03. The lowest BCUT2D eigenvalue weighted by Crippen LogP contribution is -2.43. The molecule has 1 saturated heterocycles. The van der Waals surface area contributed by atoms with Gasteiger partial charge in [0.05, 0.1) is 26.0 Å². The number of aromatic nitrogens is 4. The van der Waals surface area contributed by atoms with E-state index in [1.165, 1.54) is 0 Å². The summed E-state index contributed by atoms with van der Waals surface area (Å²) in [7, 11) is 3.42. The Kier molecular flexibility index (Phi) is 5.24. The van der Waals surface area contributed by atoms with E-state index in [1.807, 2.05) is 53.1 Å². The summed E-state index contributed by atoms with van der Waals surface area (Å²) in [5, 5.41) is 7.52. The summed E-state index contributed by atoms with van der Waals surface area (Å²) >= 11 is 0. The van der Waals surface area contributed by atoms with E-state index >= 15 is 0 Å². The van der Waals surface area contributed by atoms with Gasteiger partial charge < -0.3 is 19.7 Å². The number of hydrogen-bond donors (Lipinski definition) is 1. The Morgan fingerprint density at radius 3 is 2.78 bits per heavy atom. The van der Waals surface area contributed by atoms with E-state index in [1.54, 1.807) is 36.0 Å². The van der Waals surface area contributed by atoms with E-state index < -0.39 is 0 Å². The lowest BCUT2D eigenvalue weighted by atomic mass is 10.2. The van der Waals surface area contributed by atoms with E-state index in [4.69, 9.17) is 14.5 Å². The minimum atomic E-state index is -0.297. The molecular weight excluding hydrogens is 408 g/mol. The first-order valence-corrected chi connectivity index (χ1v) is 10.4. The van der Waals surface area contributed by atoms with Crippen molar-refractivity contribution in [3.8, 4) is 5.75 Å². The summed E-state index contributed by atoms with van der Waals surface area (Å²) < 4.78 is 14.8. The van der Waals surface area contributed by atoms with Crippen molar-refractivity contribution in [3.05, 3.63) is 72.3 Å². The van der Waals surface area contributed by atoms with Crippen molar-refractivity contribution >= 4 is 23.1 Å². The molecule has 4 aromatic rings. The molecule has 0 aliphatic carbocycles. The van der Waals surface area contributed by atoms with Crippen LogP contribution in [0.4, 0.5) is 11.5 Å². The van der Waals surface area contributed by atoms with Crippen LogP contribution in [0, 0.1) is 0 Å². The first-order chi connectivity index (χ1) is 15.6. The van der Waals surface area contributed by atoms with Crippen molar-refractivity contribution in [3.63, 3.8) is 0 Å². The van der Waals surface area contributed by atoms with E-state index in [2.05, 4.69) is 10.4 Å². The smallest absolute Gasteiger partial charge is 0.272 e.